The Hall–Kier alpha value is -1.99. The number of hydrogen-bond donors (Lipinski definition) is 1. The summed E-state index contributed by atoms with van der Waals surface area (Å²) in [5.41, 5.74) is 2.79. The van der Waals surface area contributed by atoms with Crippen molar-refractivity contribution in [1.82, 2.24) is 14.9 Å². The number of benzene rings is 1. The molecule has 0 aliphatic carbocycles. The molecule has 1 aliphatic rings. The van der Waals surface area contributed by atoms with Crippen molar-refractivity contribution in [3.05, 3.63) is 47.4 Å². The number of nitrogens with zero attached hydrogens (tertiary/aromatic N) is 3. The molecule has 0 radical (unpaired) electrons. The van der Waals surface area contributed by atoms with Crippen LogP contribution in [0.1, 0.15) is 23.9 Å². The van der Waals surface area contributed by atoms with Crippen molar-refractivity contribution in [2.24, 2.45) is 0 Å². The van der Waals surface area contributed by atoms with Gasteiger partial charge in [-0.2, -0.15) is 0 Å². The second-order valence-corrected chi connectivity index (χ2v) is 8.69. The molecule has 1 N–H and O–H groups in total. The summed E-state index contributed by atoms with van der Waals surface area (Å²) in [6.45, 7) is 6.54. The average Bonchev–Trinajstić information content (AvgIpc) is 2.53. The summed E-state index contributed by atoms with van der Waals surface area (Å²) >= 11 is 0. The maximum Gasteiger partial charge on any atom is 0.180 e. The van der Waals surface area contributed by atoms with Crippen LogP contribution in [0.25, 0.3) is 0 Å². The highest BCUT2D eigenvalue weighted by Gasteiger charge is 2.20. The zero-order valence-electron chi connectivity index (χ0n) is 14.9. The Morgan fingerprint density at radius 2 is 2.00 bits per heavy atom. The van der Waals surface area contributed by atoms with Crippen LogP contribution >= 0.6 is 0 Å². The predicted molar refractivity (Wildman–Crippen MR) is 98.4 cm³/mol. The molecule has 1 atom stereocenters. The van der Waals surface area contributed by atoms with Gasteiger partial charge >= 0.3 is 0 Å². The van der Waals surface area contributed by atoms with Gasteiger partial charge < -0.3 is 5.32 Å². The fraction of sp³-hybridized carbons (Fsp3) is 0.444. The van der Waals surface area contributed by atoms with E-state index in [1.165, 1.54) is 23.6 Å². The van der Waals surface area contributed by atoms with E-state index in [2.05, 4.69) is 44.5 Å². The molecular weight excluding hydrogens is 336 g/mol. The molecular formula is C18H24N4O2S. The molecule has 6 nitrogen and oxygen atoms in total. The SMILES string of the molecule is Cc1ncc(S(C)(=O)=O)c(N[C@@H](C)CN2CCc3ccccc3C2)n1. The van der Waals surface area contributed by atoms with Crippen LogP contribution in [-0.4, -0.2) is 48.7 Å². The van der Waals surface area contributed by atoms with E-state index in [0.29, 0.717) is 11.6 Å². The first-order valence-electron chi connectivity index (χ1n) is 8.42. The maximum absolute atomic E-state index is 11.9. The lowest BCUT2D eigenvalue weighted by molar-refractivity contribution is 0.247. The Balaban J connectivity index is 1.70. The first-order valence-corrected chi connectivity index (χ1v) is 10.3. The Kier molecular flexibility index (Phi) is 5.06. The van der Waals surface area contributed by atoms with E-state index in [1.807, 2.05) is 6.92 Å². The summed E-state index contributed by atoms with van der Waals surface area (Å²) in [6, 6.07) is 8.60. The Bertz CT molecular complexity index is 867. The molecule has 2 heterocycles. The van der Waals surface area contributed by atoms with Gasteiger partial charge in [0, 0.05) is 31.9 Å². The van der Waals surface area contributed by atoms with Crippen LogP contribution in [0.5, 0.6) is 0 Å². The predicted octanol–water partition coefficient (Wildman–Crippen LogP) is 2.05. The molecule has 0 amide bonds. The number of anilines is 1. The molecule has 1 aromatic heterocycles. The first kappa shape index (κ1) is 17.8. The molecule has 0 fully saturated rings. The Morgan fingerprint density at radius 1 is 1.28 bits per heavy atom. The molecule has 0 saturated heterocycles. The van der Waals surface area contributed by atoms with Crippen LogP contribution < -0.4 is 5.32 Å². The van der Waals surface area contributed by atoms with Crippen molar-refractivity contribution in [2.75, 3.05) is 24.7 Å². The minimum atomic E-state index is -3.37. The minimum absolute atomic E-state index is 0.0695. The van der Waals surface area contributed by atoms with E-state index >= 15 is 0 Å². The molecule has 0 bridgehead atoms. The van der Waals surface area contributed by atoms with Gasteiger partial charge in [-0.15, -0.1) is 0 Å². The van der Waals surface area contributed by atoms with E-state index in [0.717, 1.165) is 26.1 Å². The van der Waals surface area contributed by atoms with Gasteiger partial charge in [0.15, 0.2) is 9.84 Å². The molecule has 134 valence electrons. The smallest absolute Gasteiger partial charge is 0.180 e. The van der Waals surface area contributed by atoms with Crippen LogP contribution in [-0.2, 0) is 22.8 Å². The van der Waals surface area contributed by atoms with Gasteiger partial charge in [-0.05, 0) is 31.4 Å². The molecule has 7 heteroatoms. The number of nitrogens with one attached hydrogen (secondary N) is 1. The summed E-state index contributed by atoms with van der Waals surface area (Å²) in [5.74, 6) is 0.939. The van der Waals surface area contributed by atoms with Crippen LogP contribution in [0, 0.1) is 6.92 Å². The standard InChI is InChI=1S/C18H24N4O2S/c1-13(11-22-9-8-15-6-4-5-7-16(15)12-22)20-18-17(25(3,23)24)10-19-14(2)21-18/h4-7,10,13H,8-9,11-12H2,1-3H3,(H,19,20,21)/t13-/m0/s1. The number of aromatic nitrogens is 2. The van der Waals surface area contributed by atoms with Crippen LogP contribution in [0.3, 0.4) is 0 Å². The average molecular weight is 360 g/mol. The summed E-state index contributed by atoms with van der Waals surface area (Å²) < 4.78 is 23.9. The Morgan fingerprint density at radius 3 is 2.72 bits per heavy atom. The van der Waals surface area contributed by atoms with Crippen molar-refractivity contribution in [3.63, 3.8) is 0 Å². The molecule has 0 unspecified atom stereocenters. The highest BCUT2D eigenvalue weighted by atomic mass is 32.2. The van der Waals surface area contributed by atoms with Crippen molar-refractivity contribution in [2.45, 2.75) is 37.8 Å². The first-order chi connectivity index (χ1) is 11.8. The second-order valence-electron chi connectivity index (χ2n) is 6.70. The maximum atomic E-state index is 11.9. The fourth-order valence-corrected chi connectivity index (χ4v) is 3.91. The van der Waals surface area contributed by atoms with Crippen molar-refractivity contribution < 1.29 is 8.42 Å². The van der Waals surface area contributed by atoms with Gasteiger partial charge in [0.05, 0.1) is 6.20 Å². The quantitative estimate of drug-likeness (QED) is 0.879. The third-order valence-electron chi connectivity index (χ3n) is 4.40. The zero-order chi connectivity index (χ0) is 18.0. The molecule has 25 heavy (non-hydrogen) atoms. The van der Waals surface area contributed by atoms with Gasteiger partial charge in [-0.3, -0.25) is 4.90 Å². The summed E-state index contributed by atoms with van der Waals surface area (Å²) in [7, 11) is -3.37. The minimum Gasteiger partial charge on any atom is -0.365 e. The van der Waals surface area contributed by atoms with Crippen LogP contribution in [0.15, 0.2) is 35.4 Å². The molecule has 1 aliphatic heterocycles. The highest BCUT2D eigenvalue weighted by Crippen LogP contribution is 2.21. The number of rotatable bonds is 5. The lowest BCUT2D eigenvalue weighted by Crippen LogP contribution is -2.38. The van der Waals surface area contributed by atoms with E-state index in [1.54, 1.807) is 6.92 Å². The van der Waals surface area contributed by atoms with Crippen molar-refractivity contribution in [3.8, 4) is 0 Å². The van der Waals surface area contributed by atoms with E-state index in [9.17, 15) is 8.42 Å². The van der Waals surface area contributed by atoms with E-state index in [4.69, 9.17) is 0 Å². The molecule has 3 rings (SSSR count). The number of fused-ring (bicyclic) bond motifs is 1. The zero-order valence-corrected chi connectivity index (χ0v) is 15.7. The van der Waals surface area contributed by atoms with Gasteiger partial charge in [0.2, 0.25) is 0 Å². The fourth-order valence-electron chi connectivity index (χ4n) is 3.21. The van der Waals surface area contributed by atoms with Gasteiger partial charge in [0.1, 0.15) is 16.5 Å². The van der Waals surface area contributed by atoms with Crippen LogP contribution in [0.2, 0.25) is 0 Å². The van der Waals surface area contributed by atoms with Gasteiger partial charge in [-0.1, -0.05) is 24.3 Å². The summed E-state index contributed by atoms with van der Waals surface area (Å²) in [5, 5.41) is 3.26. The topological polar surface area (TPSA) is 75.2 Å². The van der Waals surface area contributed by atoms with Crippen molar-refractivity contribution >= 4 is 15.7 Å². The lowest BCUT2D eigenvalue weighted by Gasteiger charge is -2.31. The van der Waals surface area contributed by atoms with E-state index in [-0.39, 0.29) is 10.9 Å². The monoisotopic (exact) mass is 360 g/mol. The van der Waals surface area contributed by atoms with E-state index < -0.39 is 9.84 Å². The highest BCUT2D eigenvalue weighted by molar-refractivity contribution is 7.90. The Labute approximate surface area is 149 Å². The third kappa shape index (κ3) is 4.35. The lowest BCUT2D eigenvalue weighted by atomic mass is 10.00. The molecule has 0 spiro atoms. The number of aryl methyl sites for hydroxylation is 1. The largest absolute Gasteiger partial charge is 0.365 e. The number of hydrogen-bond acceptors (Lipinski definition) is 6. The molecule has 2 aromatic rings. The van der Waals surface area contributed by atoms with Crippen LogP contribution in [0.4, 0.5) is 5.82 Å². The summed E-state index contributed by atoms with van der Waals surface area (Å²) in [6.07, 6.45) is 3.60. The molecule has 1 aromatic carbocycles. The number of sulfone groups is 1. The third-order valence-corrected chi connectivity index (χ3v) is 5.50. The van der Waals surface area contributed by atoms with Crippen molar-refractivity contribution in [1.29, 1.82) is 0 Å². The second kappa shape index (κ2) is 7.09. The normalized spacial score (nSPS) is 16.3. The van der Waals surface area contributed by atoms with Gasteiger partial charge in [0.25, 0.3) is 0 Å². The molecule has 0 saturated carbocycles. The summed E-state index contributed by atoms with van der Waals surface area (Å²) in [4.78, 5) is 10.8. The van der Waals surface area contributed by atoms with Gasteiger partial charge in [-0.25, -0.2) is 18.4 Å².